The molecule has 0 aromatic heterocycles. The third-order valence-electron chi connectivity index (χ3n) is 2.06. The number of allylic oxidation sites excluding steroid dienone is 2. The number of hydrogen-bond acceptors (Lipinski definition) is 2. The lowest BCUT2D eigenvalue weighted by Gasteiger charge is -2.13. The van der Waals surface area contributed by atoms with Gasteiger partial charge < -0.3 is 11.1 Å². The largest absolute Gasteiger partial charge is 0.398 e. The number of anilines is 1. The maximum absolute atomic E-state index is 5.85. The number of nitrogens with two attached hydrogens (primary N) is 1. The van der Waals surface area contributed by atoms with E-state index in [-0.39, 0.29) is 1.43 Å². The van der Waals surface area contributed by atoms with Crippen molar-refractivity contribution in [2.24, 2.45) is 0 Å². The molecule has 0 radical (unpaired) electrons. The first kappa shape index (κ1) is 7.92. The van der Waals surface area contributed by atoms with Gasteiger partial charge in [-0.1, -0.05) is 30.4 Å². The summed E-state index contributed by atoms with van der Waals surface area (Å²) in [5.74, 6) is 0. The van der Waals surface area contributed by atoms with Gasteiger partial charge in [0.15, 0.2) is 0 Å². The van der Waals surface area contributed by atoms with E-state index in [0.29, 0.717) is 0 Å². The highest BCUT2D eigenvalue weighted by atomic mass is 14.9. The summed E-state index contributed by atoms with van der Waals surface area (Å²) in [7, 11) is 0. The van der Waals surface area contributed by atoms with Crippen LogP contribution in [0, 0.1) is 0 Å². The van der Waals surface area contributed by atoms with Crippen LogP contribution >= 0.6 is 0 Å². The lowest BCUT2D eigenvalue weighted by molar-refractivity contribution is 0.996. The first-order chi connectivity index (χ1) is 6.38. The molecule has 1 aromatic rings. The van der Waals surface area contributed by atoms with E-state index in [1.807, 2.05) is 36.4 Å². The van der Waals surface area contributed by atoms with Gasteiger partial charge in [0, 0.05) is 24.9 Å². The molecule has 0 amide bonds. The highest BCUT2D eigenvalue weighted by molar-refractivity contribution is 5.75. The molecule has 0 spiro atoms. The van der Waals surface area contributed by atoms with Gasteiger partial charge in [-0.3, -0.25) is 0 Å². The van der Waals surface area contributed by atoms with Crippen LogP contribution in [-0.4, -0.2) is 6.54 Å². The first-order valence-electron chi connectivity index (χ1n) is 4.33. The molecule has 0 bridgehead atoms. The van der Waals surface area contributed by atoms with E-state index in [0.717, 1.165) is 23.5 Å². The lowest BCUT2D eigenvalue weighted by Crippen LogP contribution is -2.15. The average molecular weight is 174 g/mol. The van der Waals surface area contributed by atoms with Crippen molar-refractivity contribution in [1.29, 1.82) is 0 Å². The molecule has 0 fully saturated rings. The SMILES string of the molecule is Nc1ccccc1C1=CC=CCN1.[HH]. The number of para-hydroxylation sites is 1. The van der Waals surface area contributed by atoms with Crippen molar-refractivity contribution in [3.05, 3.63) is 48.1 Å². The molecule has 0 aliphatic carbocycles. The summed E-state index contributed by atoms with van der Waals surface area (Å²) >= 11 is 0. The summed E-state index contributed by atoms with van der Waals surface area (Å²) in [4.78, 5) is 0. The highest BCUT2D eigenvalue weighted by Crippen LogP contribution is 2.19. The van der Waals surface area contributed by atoms with Crippen molar-refractivity contribution >= 4 is 11.4 Å². The van der Waals surface area contributed by atoms with Crippen LogP contribution in [0.5, 0.6) is 0 Å². The van der Waals surface area contributed by atoms with E-state index >= 15 is 0 Å². The molecule has 2 heteroatoms. The molecule has 68 valence electrons. The third kappa shape index (κ3) is 1.56. The van der Waals surface area contributed by atoms with E-state index in [1.54, 1.807) is 0 Å². The van der Waals surface area contributed by atoms with Gasteiger partial charge in [0.1, 0.15) is 0 Å². The van der Waals surface area contributed by atoms with Gasteiger partial charge in [-0.2, -0.15) is 0 Å². The lowest BCUT2D eigenvalue weighted by atomic mass is 10.1. The van der Waals surface area contributed by atoms with Crippen LogP contribution < -0.4 is 11.1 Å². The Hall–Kier alpha value is -1.70. The van der Waals surface area contributed by atoms with Gasteiger partial charge in [-0.15, -0.1) is 0 Å². The average Bonchev–Trinajstić information content (AvgIpc) is 2.20. The summed E-state index contributed by atoms with van der Waals surface area (Å²) < 4.78 is 0. The maximum Gasteiger partial charge on any atom is 0.0437 e. The van der Waals surface area contributed by atoms with E-state index in [9.17, 15) is 0 Å². The highest BCUT2D eigenvalue weighted by Gasteiger charge is 2.04. The molecule has 1 aliphatic heterocycles. The molecule has 3 N–H and O–H groups in total. The summed E-state index contributed by atoms with van der Waals surface area (Å²) in [6, 6.07) is 7.87. The zero-order valence-electron chi connectivity index (χ0n) is 7.33. The van der Waals surface area contributed by atoms with Crippen molar-refractivity contribution in [1.82, 2.24) is 5.32 Å². The molecule has 1 aliphatic rings. The Balaban J connectivity index is 0.000000980. The topological polar surface area (TPSA) is 38.0 Å². The Kier molecular flexibility index (Phi) is 2.04. The Morgan fingerprint density at radius 1 is 1.31 bits per heavy atom. The molecule has 1 heterocycles. The van der Waals surface area contributed by atoms with Crippen LogP contribution in [0.15, 0.2) is 42.5 Å². The van der Waals surface area contributed by atoms with Crippen molar-refractivity contribution in [3.8, 4) is 0 Å². The third-order valence-corrected chi connectivity index (χ3v) is 2.06. The minimum absolute atomic E-state index is 0. The Labute approximate surface area is 79.2 Å². The Bertz CT molecular complexity index is 369. The molecular formula is C11H14N2. The monoisotopic (exact) mass is 174 g/mol. The second-order valence-corrected chi connectivity index (χ2v) is 2.98. The first-order valence-corrected chi connectivity index (χ1v) is 4.33. The van der Waals surface area contributed by atoms with E-state index < -0.39 is 0 Å². The second kappa shape index (κ2) is 3.35. The van der Waals surface area contributed by atoms with Crippen LogP contribution in [0.1, 0.15) is 6.99 Å². The molecule has 0 atom stereocenters. The number of dihydropyridines is 1. The molecular weight excluding hydrogens is 160 g/mol. The van der Waals surface area contributed by atoms with Crippen molar-refractivity contribution < 1.29 is 1.43 Å². The molecule has 13 heavy (non-hydrogen) atoms. The van der Waals surface area contributed by atoms with Crippen LogP contribution in [0.25, 0.3) is 5.70 Å². The van der Waals surface area contributed by atoms with Crippen LogP contribution in [-0.2, 0) is 0 Å². The predicted molar refractivity (Wildman–Crippen MR) is 58.1 cm³/mol. The van der Waals surface area contributed by atoms with Crippen LogP contribution in [0.2, 0.25) is 0 Å². The number of hydrogen-bond donors (Lipinski definition) is 2. The smallest absolute Gasteiger partial charge is 0.0437 e. The summed E-state index contributed by atoms with van der Waals surface area (Å²) in [5.41, 5.74) is 8.84. The van der Waals surface area contributed by atoms with E-state index in [2.05, 4.69) is 11.4 Å². The zero-order valence-corrected chi connectivity index (χ0v) is 7.33. The molecule has 0 saturated heterocycles. The fourth-order valence-electron chi connectivity index (χ4n) is 1.39. The Morgan fingerprint density at radius 3 is 2.85 bits per heavy atom. The maximum atomic E-state index is 5.85. The van der Waals surface area contributed by atoms with Crippen molar-refractivity contribution in [3.63, 3.8) is 0 Å². The fraction of sp³-hybridized carbons (Fsp3) is 0.0909. The normalized spacial score (nSPS) is 14.9. The molecule has 0 saturated carbocycles. The summed E-state index contributed by atoms with van der Waals surface area (Å²) in [5, 5.41) is 3.27. The van der Waals surface area contributed by atoms with Gasteiger partial charge in [0.2, 0.25) is 0 Å². The Morgan fingerprint density at radius 2 is 2.15 bits per heavy atom. The van der Waals surface area contributed by atoms with Crippen LogP contribution in [0.3, 0.4) is 0 Å². The quantitative estimate of drug-likeness (QED) is 0.639. The molecule has 1 aromatic carbocycles. The van der Waals surface area contributed by atoms with Crippen molar-refractivity contribution in [2.75, 3.05) is 12.3 Å². The summed E-state index contributed by atoms with van der Waals surface area (Å²) in [6.07, 6.45) is 6.15. The van der Waals surface area contributed by atoms with E-state index in [1.165, 1.54) is 0 Å². The van der Waals surface area contributed by atoms with E-state index in [4.69, 9.17) is 5.73 Å². The predicted octanol–water partition coefficient (Wildman–Crippen LogP) is 2.02. The van der Waals surface area contributed by atoms with Crippen molar-refractivity contribution in [2.45, 2.75) is 0 Å². The van der Waals surface area contributed by atoms with Gasteiger partial charge >= 0.3 is 0 Å². The van der Waals surface area contributed by atoms with Crippen LogP contribution in [0.4, 0.5) is 5.69 Å². The van der Waals surface area contributed by atoms with Gasteiger partial charge in [-0.25, -0.2) is 0 Å². The standard InChI is InChI=1S/C11H12N2.H2/c12-10-6-2-1-5-9(10)11-7-3-4-8-13-11;/h1-7,13H,8,12H2;1H. The number of nitrogen functional groups attached to an aromatic ring is 1. The summed E-state index contributed by atoms with van der Waals surface area (Å²) in [6.45, 7) is 0.875. The second-order valence-electron chi connectivity index (χ2n) is 2.98. The number of benzene rings is 1. The molecule has 0 unspecified atom stereocenters. The fourth-order valence-corrected chi connectivity index (χ4v) is 1.39. The minimum Gasteiger partial charge on any atom is -0.398 e. The number of nitrogens with one attached hydrogen (secondary N) is 1. The minimum atomic E-state index is 0. The number of rotatable bonds is 1. The van der Waals surface area contributed by atoms with Gasteiger partial charge in [0.05, 0.1) is 0 Å². The van der Waals surface area contributed by atoms with Gasteiger partial charge in [-0.05, 0) is 12.1 Å². The molecule has 2 rings (SSSR count). The zero-order chi connectivity index (χ0) is 9.10. The molecule has 2 nitrogen and oxygen atoms in total. The van der Waals surface area contributed by atoms with Gasteiger partial charge in [0.25, 0.3) is 0 Å².